The van der Waals surface area contributed by atoms with E-state index in [1.165, 1.54) is 12.1 Å². The first-order valence-electron chi connectivity index (χ1n) is 7.41. The monoisotopic (exact) mass is 347 g/mol. The Hall–Kier alpha value is -2.29. The SMILES string of the molecule is CN(C)c1ccc(N=Nc2ccc(S(=O)(=O)NCCN)cc2)cc1. The predicted octanol–water partition coefficient (Wildman–Crippen LogP) is 2.41. The van der Waals surface area contributed by atoms with Crippen LogP contribution in [0.25, 0.3) is 0 Å². The van der Waals surface area contributed by atoms with Gasteiger partial charge in [-0.2, -0.15) is 10.2 Å². The molecule has 0 spiro atoms. The normalized spacial score (nSPS) is 11.8. The molecule has 0 atom stereocenters. The van der Waals surface area contributed by atoms with Crippen molar-refractivity contribution >= 4 is 27.1 Å². The predicted molar refractivity (Wildman–Crippen MR) is 95.6 cm³/mol. The Kier molecular flexibility index (Phi) is 6.02. The van der Waals surface area contributed by atoms with E-state index in [1.54, 1.807) is 12.1 Å². The molecule has 0 saturated carbocycles. The van der Waals surface area contributed by atoms with Crippen molar-refractivity contribution in [3.63, 3.8) is 0 Å². The molecule has 0 saturated heterocycles. The Morgan fingerprint density at radius 2 is 1.46 bits per heavy atom. The standard InChI is InChI=1S/C16H21N5O2S/c1-21(2)15-7-3-13(4-8-15)19-20-14-5-9-16(10-6-14)24(22,23)18-12-11-17/h3-10,18H,11-12,17H2,1-2H3. The zero-order chi connectivity index (χ0) is 17.6. The van der Waals surface area contributed by atoms with Crippen molar-refractivity contribution in [2.24, 2.45) is 16.0 Å². The zero-order valence-corrected chi connectivity index (χ0v) is 14.5. The fourth-order valence-corrected chi connectivity index (χ4v) is 2.95. The number of nitrogens with two attached hydrogens (primary N) is 1. The topological polar surface area (TPSA) is 100 Å². The number of hydrogen-bond acceptors (Lipinski definition) is 6. The molecule has 0 fully saturated rings. The van der Waals surface area contributed by atoms with Crippen LogP contribution in [0.4, 0.5) is 17.1 Å². The Morgan fingerprint density at radius 3 is 1.92 bits per heavy atom. The van der Waals surface area contributed by atoms with Crippen LogP contribution in [-0.2, 0) is 10.0 Å². The summed E-state index contributed by atoms with van der Waals surface area (Å²) in [4.78, 5) is 2.17. The third-order valence-corrected chi connectivity index (χ3v) is 4.71. The third kappa shape index (κ3) is 4.85. The van der Waals surface area contributed by atoms with Crippen molar-refractivity contribution in [1.29, 1.82) is 0 Å². The fraction of sp³-hybridized carbons (Fsp3) is 0.250. The first-order valence-corrected chi connectivity index (χ1v) is 8.89. The fourth-order valence-electron chi connectivity index (χ4n) is 1.90. The average molecular weight is 347 g/mol. The summed E-state index contributed by atoms with van der Waals surface area (Å²) >= 11 is 0. The molecule has 0 radical (unpaired) electrons. The molecule has 0 heterocycles. The first kappa shape index (κ1) is 18.1. The second-order valence-corrected chi connectivity index (χ2v) is 7.06. The lowest BCUT2D eigenvalue weighted by atomic mass is 10.3. The molecule has 3 N–H and O–H groups in total. The summed E-state index contributed by atoms with van der Waals surface area (Å²) < 4.78 is 26.3. The molecule has 2 aromatic rings. The maximum Gasteiger partial charge on any atom is 0.240 e. The third-order valence-electron chi connectivity index (χ3n) is 3.23. The van der Waals surface area contributed by atoms with Crippen LogP contribution in [0, 0.1) is 0 Å². The lowest BCUT2D eigenvalue weighted by molar-refractivity contribution is 0.582. The highest BCUT2D eigenvalue weighted by Crippen LogP contribution is 2.22. The maximum atomic E-state index is 11.9. The van der Waals surface area contributed by atoms with Crippen molar-refractivity contribution in [1.82, 2.24) is 4.72 Å². The van der Waals surface area contributed by atoms with Crippen LogP contribution < -0.4 is 15.4 Å². The number of anilines is 1. The summed E-state index contributed by atoms with van der Waals surface area (Å²) in [5, 5.41) is 8.26. The second-order valence-electron chi connectivity index (χ2n) is 5.29. The quantitative estimate of drug-likeness (QED) is 0.751. The molecule has 0 aliphatic heterocycles. The van der Waals surface area contributed by atoms with Crippen LogP contribution in [0.5, 0.6) is 0 Å². The molecular weight excluding hydrogens is 326 g/mol. The number of sulfonamides is 1. The van der Waals surface area contributed by atoms with Gasteiger partial charge in [-0.3, -0.25) is 0 Å². The van der Waals surface area contributed by atoms with Gasteiger partial charge in [0.15, 0.2) is 0 Å². The molecular formula is C16H21N5O2S. The van der Waals surface area contributed by atoms with E-state index in [4.69, 9.17) is 5.73 Å². The van der Waals surface area contributed by atoms with Crippen molar-refractivity contribution in [3.05, 3.63) is 48.5 Å². The van der Waals surface area contributed by atoms with Gasteiger partial charge in [-0.1, -0.05) is 0 Å². The zero-order valence-electron chi connectivity index (χ0n) is 13.7. The van der Waals surface area contributed by atoms with Gasteiger partial charge in [0, 0.05) is 32.9 Å². The van der Waals surface area contributed by atoms with Crippen LogP contribution in [0.15, 0.2) is 63.7 Å². The van der Waals surface area contributed by atoms with Gasteiger partial charge in [-0.15, -0.1) is 0 Å². The highest BCUT2D eigenvalue weighted by molar-refractivity contribution is 7.89. The Bertz CT molecular complexity index is 784. The van der Waals surface area contributed by atoms with Crippen LogP contribution in [-0.4, -0.2) is 35.6 Å². The Morgan fingerprint density at radius 1 is 0.958 bits per heavy atom. The summed E-state index contributed by atoms with van der Waals surface area (Å²) in [5.74, 6) is 0. The van der Waals surface area contributed by atoms with Gasteiger partial charge in [-0.25, -0.2) is 13.1 Å². The number of nitrogens with zero attached hydrogens (tertiary/aromatic N) is 3. The van der Waals surface area contributed by atoms with Crippen molar-refractivity contribution < 1.29 is 8.42 Å². The van der Waals surface area contributed by atoms with Crippen molar-refractivity contribution in [3.8, 4) is 0 Å². The minimum absolute atomic E-state index is 0.172. The molecule has 2 aromatic carbocycles. The van der Waals surface area contributed by atoms with Crippen LogP contribution >= 0.6 is 0 Å². The van der Waals surface area contributed by atoms with E-state index in [-0.39, 0.29) is 18.0 Å². The van der Waals surface area contributed by atoms with E-state index in [0.29, 0.717) is 5.69 Å². The van der Waals surface area contributed by atoms with E-state index in [0.717, 1.165) is 11.4 Å². The highest BCUT2D eigenvalue weighted by atomic mass is 32.2. The number of benzene rings is 2. The van der Waals surface area contributed by atoms with Gasteiger partial charge in [0.25, 0.3) is 0 Å². The van der Waals surface area contributed by atoms with E-state index in [2.05, 4.69) is 15.0 Å². The number of rotatable bonds is 7. The van der Waals surface area contributed by atoms with Crippen molar-refractivity contribution in [2.75, 3.05) is 32.1 Å². The Balaban J connectivity index is 2.08. The van der Waals surface area contributed by atoms with Gasteiger partial charge in [-0.05, 0) is 48.5 Å². The Labute approximate surface area is 142 Å². The minimum atomic E-state index is -3.53. The van der Waals surface area contributed by atoms with Gasteiger partial charge >= 0.3 is 0 Å². The van der Waals surface area contributed by atoms with Gasteiger partial charge in [0.2, 0.25) is 10.0 Å². The van der Waals surface area contributed by atoms with E-state index >= 15 is 0 Å². The second kappa shape index (κ2) is 8.00. The highest BCUT2D eigenvalue weighted by Gasteiger charge is 2.12. The summed E-state index contributed by atoms with van der Waals surface area (Å²) in [5.41, 5.74) is 7.68. The lowest BCUT2D eigenvalue weighted by Gasteiger charge is -2.11. The van der Waals surface area contributed by atoms with E-state index < -0.39 is 10.0 Å². The average Bonchev–Trinajstić information content (AvgIpc) is 2.59. The lowest BCUT2D eigenvalue weighted by Crippen LogP contribution is -2.29. The summed E-state index contributed by atoms with van der Waals surface area (Å²) in [6.45, 7) is 0.449. The first-order chi connectivity index (χ1) is 11.4. The molecule has 128 valence electrons. The molecule has 7 nitrogen and oxygen atoms in total. The minimum Gasteiger partial charge on any atom is -0.378 e. The van der Waals surface area contributed by atoms with Crippen molar-refractivity contribution in [2.45, 2.75) is 4.90 Å². The smallest absolute Gasteiger partial charge is 0.240 e. The molecule has 2 rings (SSSR count). The summed E-state index contributed by atoms with van der Waals surface area (Å²) in [7, 11) is 0.407. The van der Waals surface area contributed by atoms with Gasteiger partial charge < -0.3 is 10.6 Å². The summed E-state index contributed by atoms with van der Waals surface area (Å²) in [6, 6.07) is 13.8. The molecule has 0 unspecified atom stereocenters. The molecule has 24 heavy (non-hydrogen) atoms. The van der Waals surface area contributed by atoms with Crippen LogP contribution in [0.3, 0.4) is 0 Å². The van der Waals surface area contributed by atoms with Crippen LogP contribution in [0.2, 0.25) is 0 Å². The molecule has 0 aromatic heterocycles. The number of azo groups is 1. The molecule has 0 amide bonds. The largest absolute Gasteiger partial charge is 0.378 e. The molecule has 0 bridgehead atoms. The van der Waals surface area contributed by atoms with E-state index in [9.17, 15) is 8.42 Å². The van der Waals surface area contributed by atoms with Crippen LogP contribution in [0.1, 0.15) is 0 Å². The number of hydrogen-bond donors (Lipinski definition) is 2. The van der Waals surface area contributed by atoms with Gasteiger partial charge in [0.1, 0.15) is 0 Å². The number of nitrogens with one attached hydrogen (secondary N) is 1. The van der Waals surface area contributed by atoms with Gasteiger partial charge in [0.05, 0.1) is 16.3 Å². The molecule has 0 aliphatic rings. The maximum absolute atomic E-state index is 11.9. The summed E-state index contributed by atoms with van der Waals surface area (Å²) in [6.07, 6.45) is 0. The van der Waals surface area contributed by atoms with E-state index in [1.807, 2.05) is 43.3 Å². The molecule has 0 aliphatic carbocycles. The molecule has 8 heteroatoms.